The lowest BCUT2D eigenvalue weighted by Crippen LogP contribution is -2.36. The van der Waals surface area contributed by atoms with Crippen LogP contribution in [0.25, 0.3) is 0 Å². The van der Waals surface area contributed by atoms with Crippen LogP contribution in [0.1, 0.15) is 33.1 Å². The molecule has 1 unspecified atom stereocenters. The number of nitrogens with zero attached hydrogens (tertiary/aromatic N) is 1. The summed E-state index contributed by atoms with van der Waals surface area (Å²) in [6.45, 7) is 8.44. The Morgan fingerprint density at radius 3 is 2.45 bits per heavy atom. The van der Waals surface area contributed by atoms with E-state index >= 15 is 0 Å². The van der Waals surface area contributed by atoms with Crippen molar-refractivity contribution in [2.24, 2.45) is 5.41 Å². The minimum atomic E-state index is 0.420. The first kappa shape index (κ1) is 13.7. The van der Waals surface area contributed by atoms with Crippen LogP contribution in [0.4, 0.5) is 11.4 Å². The molecule has 0 spiro atoms. The van der Waals surface area contributed by atoms with Crippen LogP contribution in [0.15, 0.2) is 24.3 Å². The van der Waals surface area contributed by atoms with Crippen molar-refractivity contribution in [1.82, 2.24) is 0 Å². The number of benzene rings is 1. The molecule has 0 radical (unpaired) electrons. The first-order chi connectivity index (χ1) is 9.65. The maximum Gasteiger partial charge on any atom is 0.0642 e. The fourth-order valence-electron chi connectivity index (χ4n) is 3.39. The van der Waals surface area contributed by atoms with E-state index < -0.39 is 0 Å². The van der Waals surface area contributed by atoms with Gasteiger partial charge < -0.3 is 15.0 Å². The minimum Gasteiger partial charge on any atom is -0.382 e. The highest BCUT2D eigenvalue weighted by Gasteiger charge is 2.34. The number of hydrogen-bond donors (Lipinski definition) is 1. The zero-order valence-electron chi connectivity index (χ0n) is 12.7. The summed E-state index contributed by atoms with van der Waals surface area (Å²) in [7, 11) is 0. The van der Waals surface area contributed by atoms with E-state index in [1.165, 1.54) is 30.6 Å². The average molecular weight is 274 g/mol. The van der Waals surface area contributed by atoms with Crippen molar-refractivity contribution >= 4 is 11.4 Å². The van der Waals surface area contributed by atoms with E-state index in [4.69, 9.17) is 4.74 Å². The molecule has 2 aliphatic rings. The molecule has 1 aliphatic heterocycles. The van der Waals surface area contributed by atoms with Gasteiger partial charge in [0.15, 0.2) is 0 Å². The Bertz CT molecular complexity index is 435. The summed E-state index contributed by atoms with van der Waals surface area (Å²) < 4.78 is 5.40. The molecule has 3 heteroatoms. The fourth-order valence-corrected chi connectivity index (χ4v) is 3.39. The van der Waals surface area contributed by atoms with E-state index in [9.17, 15) is 0 Å². The summed E-state index contributed by atoms with van der Waals surface area (Å²) >= 11 is 0. The number of rotatable bonds is 3. The molecule has 20 heavy (non-hydrogen) atoms. The van der Waals surface area contributed by atoms with Crippen molar-refractivity contribution in [2.75, 3.05) is 36.5 Å². The first-order valence-corrected chi connectivity index (χ1v) is 7.84. The Balaban J connectivity index is 1.64. The van der Waals surface area contributed by atoms with Crippen LogP contribution in [0, 0.1) is 5.41 Å². The second-order valence-electron chi connectivity index (χ2n) is 6.72. The molecule has 1 aliphatic carbocycles. The van der Waals surface area contributed by atoms with Crippen LogP contribution >= 0.6 is 0 Å². The van der Waals surface area contributed by atoms with Gasteiger partial charge in [-0.15, -0.1) is 0 Å². The van der Waals surface area contributed by atoms with Gasteiger partial charge in [0.05, 0.1) is 13.2 Å². The van der Waals surface area contributed by atoms with Crippen molar-refractivity contribution in [3.8, 4) is 0 Å². The van der Waals surface area contributed by atoms with Gasteiger partial charge in [-0.25, -0.2) is 0 Å². The highest BCUT2D eigenvalue weighted by atomic mass is 16.5. The summed E-state index contributed by atoms with van der Waals surface area (Å²) in [4.78, 5) is 2.40. The fraction of sp³-hybridized carbons (Fsp3) is 0.647. The summed E-state index contributed by atoms with van der Waals surface area (Å²) in [6.07, 6.45) is 3.96. The van der Waals surface area contributed by atoms with Gasteiger partial charge in [0.2, 0.25) is 0 Å². The van der Waals surface area contributed by atoms with Crippen molar-refractivity contribution in [3.05, 3.63) is 24.3 Å². The van der Waals surface area contributed by atoms with Crippen molar-refractivity contribution in [2.45, 2.75) is 39.2 Å². The van der Waals surface area contributed by atoms with E-state index in [1.807, 2.05) is 0 Å². The Morgan fingerprint density at radius 1 is 1.15 bits per heavy atom. The van der Waals surface area contributed by atoms with Crippen molar-refractivity contribution in [3.63, 3.8) is 0 Å². The molecule has 0 aromatic heterocycles. The SMILES string of the molecule is CC1(C)CCCC1Nc1ccc(N2CCOCC2)cc1. The first-order valence-electron chi connectivity index (χ1n) is 7.84. The molecule has 1 heterocycles. The number of nitrogens with one attached hydrogen (secondary N) is 1. The van der Waals surface area contributed by atoms with Crippen LogP contribution < -0.4 is 10.2 Å². The third kappa shape index (κ3) is 2.93. The Labute approximate surface area is 122 Å². The van der Waals surface area contributed by atoms with Gasteiger partial charge in [-0.2, -0.15) is 0 Å². The van der Waals surface area contributed by atoms with Crippen molar-refractivity contribution in [1.29, 1.82) is 0 Å². The molecular weight excluding hydrogens is 248 g/mol. The monoisotopic (exact) mass is 274 g/mol. The Kier molecular flexibility index (Phi) is 3.88. The second-order valence-corrected chi connectivity index (χ2v) is 6.72. The largest absolute Gasteiger partial charge is 0.382 e. The van der Waals surface area contributed by atoms with Gasteiger partial charge in [-0.05, 0) is 42.5 Å². The number of hydrogen-bond acceptors (Lipinski definition) is 3. The molecule has 1 N–H and O–H groups in total. The molecule has 3 nitrogen and oxygen atoms in total. The topological polar surface area (TPSA) is 24.5 Å². The molecule has 1 saturated carbocycles. The molecule has 1 saturated heterocycles. The Hall–Kier alpha value is -1.22. The van der Waals surface area contributed by atoms with Crippen molar-refractivity contribution < 1.29 is 4.74 Å². The maximum atomic E-state index is 5.40. The average Bonchev–Trinajstić information content (AvgIpc) is 2.80. The third-order valence-electron chi connectivity index (χ3n) is 4.84. The van der Waals surface area contributed by atoms with Crippen LogP contribution in [-0.2, 0) is 4.74 Å². The number of ether oxygens (including phenoxy) is 1. The summed E-state index contributed by atoms with van der Waals surface area (Å²) in [5.74, 6) is 0. The minimum absolute atomic E-state index is 0.420. The summed E-state index contributed by atoms with van der Waals surface area (Å²) in [5, 5.41) is 3.72. The van der Waals surface area contributed by atoms with Gasteiger partial charge in [0.25, 0.3) is 0 Å². The van der Waals surface area contributed by atoms with Gasteiger partial charge >= 0.3 is 0 Å². The van der Waals surface area contributed by atoms with E-state index in [0.29, 0.717) is 11.5 Å². The lowest BCUT2D eigenvalue weighted by Gasteiger charge is -2.30. The molecule has 1 aromatic carbocycles. The smallest absolute Gasteiger partial charge is 0.0642 e. The van der Waals surface area contributed by atoms with Crippen LogP contribution in [0.3, 0.4) is 0 Å². The standard InChI is InChI=1S/C17H26N2O/c1-17(2)9-3-4-16(17)18-14-5-7-15(8-6-14)19-10-12-20-13-11-19/h5-8,16,18H,3-4,9-13H2,1-2H3. The molecule has 1 aromatic rings. The quantitative estimate of drug-likeness (QED) is 0.913. The molecule has 1 atom stereocenters. The highest BCUT2D eigenvalue weighted by molar-refractivity contribution is 5.55. The predicted molar refractivity (Wildman–Crippen MR) is 84.5 cm³/mol. The molecule has 3 rings (SSSR count). The van der Waals surface area contributed by atoms with E-state index in [0.717, 1.165) is 26.3 Å². The molecule has 2 fully saturated rings. The lowest BCUT2D eigenvalue weighted by molar-refractivity contribution is 0.122. The maximum absolute atomic E-state index is 5.40. The Morgan fingerprint density at radius 2 is 1.85 bits per heavy atom. The molecule has 0 bridgehead atoms. The second kappa shape index (κ2) is 5.65. The molecular formula is C17H26N2O. The number of anilines is 2. The zero-order valence-corrected chi connectivity index (χ0v) is 12.7. The number of morpholine rings is 1. The van der Waals surface area contributed by atoms with Crippen LogP contribution in [0.5, 0.6) is 0 Å². The molecule has 0 amide bonds. The van der Waals surface area contributed by atoms with Gasteiger partial charge in [-0.3, -0.25) is 0 Å². The summed E-state index contributed by atoms with van der Waals surface area (Å²) in [5.41, 5.74) is 2.98. The van der Waals surface area contributed by atoms with Crippen LogP contribution in [0.2, 0.25) is 0 Å². The summed E-state index contributed by atoms with van der Waals surface area (Å²) in [6, 6.07) is 9.51. The van der Waals surface area contributed by atoms with Gasteiger partial charge in [0.1, 0.15) is 0 Å². The van der Waals surface area contributed by atoms with E-state index in [2.05, 4.69) is 48.3 Å². The lowest BCUT2D eigenvalue weighted by atomic mass is 9.87. The molecule has 110 valence electrons. The zero-order chi connectivity index (χ0) is 14.0. The highest BCUT2D eigenvalue weighted by Crippen LogP contribution is 2.39. The normalized spacial score (nSPS) is 25.7. The van der Waals surface area contributed by atoms with E-state index in [-0.39, 0.29) is 0 Å². The van der Waals surface area contributed by atoms with Gasteiger partial charge in [-0.1, -0.05) is 20.3 Å². The van der Waals surface area contributed by atoms with Gasteiger partial charge in [0, 0.05) is 30.5 Å². The third-order valence-corrected chi connectivity index (χ3v) is 4.84. The van der Waals surface area contributed by atoms with Crippen LogP contribution in [-0.4, -0.2) is 32.3 Å². The predicted octanol–water partition coefficient (Wildman–Crippen LogP) is 3.51. The van der Waals surface area contributed by atoms with E-state index in [1.54, 1.807) is 0 Å².